The molecule has 0 N–H and O–H groups in total. The Kier molecular flexibility index (Phi) is 4.61. The Bertz CT molecular complexity index is 720. The molecule has 2 nitrogen and oxygen atoms in total. The zero-order chi connectivity index (χ0) is 17.4. The second-order valence-electron chi connectivity index (χ2n) is 7.08. The molecule has 0 bridgehead atoms. The summed E-state index contributed by atoms with van der Waals surface area (Å²) in [4.78, 5) is 0. The highest BCUT2D eigenvalue weighted by Gasteiger charge is 2.50. The molecule has 0 radical (unpaired) electrons. The third-order valence-corrected chi connectivity index (χ3v) is 5.07. The smallest absolute Gasteiger partial charge is 0.400 e. The first-order valence-electron chi connectivity index (χ1n) is 8.17. The molecule has 2 aromatic carbocycles. The van der Waals surface area contributed by atoms with Crippen LogP contribution in [0.3, 0.4) is 0 Å². The van der Waals surface area contributed by atoms with Crippen molar-refractivity contribution in [3.63, 3.8) is 0 Å². The van der Waals surface area contributed by atoms with E-state index in [4.69, 9.17) is 20.9 Å². The maximum atomic E-state index is 6.14. The fourth-order valence-corrected chi connectivity index (χ4v) is 2.83. The Labute approximate surface area is 149 Å². The Morgan fingerprint density at radius 3 is 1.88 bits per heavy atom. The van der Waals surface area contributed by atoms with Gasteiger partial charge in [0, 0.05) is 5.02 Å². The molecule has 1 saturated heterocycles. The van der Waals surface area contributed by atoms with Crippen LogP contribution >= 0.6 is 11.6 Å². The molecule has 3 rings (SSSR count). The monoisotopic (exact) mass is 340 g/mol. The van der Waals surface area contributed by atoms with E-state index in [-0.39, 0.29) is 18.3 Å². The first-order chi connectivity index (χ1) is 11.3. The Morgan fingerprint density at radius 1 is 0.833 bits per heavy atom. The lowest BCUT2D eigenvalue weighted by Gasteiger charge is -2.32. The lowest BCUT2D eigenvalue weighted by atomic mass is 9.82. The van der Waals surface area contributed by atoms with Crippen LogP contribution in [0.4, 0.5) is 0 Å². The quantitative estimate of drug-likeness (QED) is 0.696. The zero-order valence-electron chi connectivity index (χ0n) is 14.5. The van der Waals surface area contributed by atoms with E-state index in [2.05, 4.69) is 45.8 Å². The van der Waals surface area contributed by atoms with E-state index in [0.717, 1.165) is 21.7 Å². The molecule has 0 aromatic heterocycles. The molecule has 1 aliphatic rings. The van der Waals surface area contributed by atoms with Gasteiger partial charge < -0.3 is 9.31 Å². The van der Waals surface area contributed by atoms with Crippen molar-refractivity contribution < 1.29 is 9.31 Å². The zero-order valence-corrected chi connectivity index (χ0v) is 15.3. The molecule has 0 unspecified atom stereocenters. The van der Waals surface area contributed by atoms with Gasteiger partial charge in [-0.1, -0.05) is 54.1 Å². The largest absolute Gasteiger partial charge is 0.487 e. The number of benzene rings is 2. The van der Waals surface area contributed by atoms with Crippen LogP contribution in [0.1, 0.15) is 38.8 Å². The molecule has 0 amide bonds. The summed E-state index contributed by atoms with van der Waals surface area (Å²) >= 11 is 6.04. The lowest BCUT2D eigenvalue weighted by molar-refractivity contribution is 0.00578. The van der Waals surface area contributed by atoms with Gasteiger partial charge in [-0.05, 0) is 62.5 Å². The van der Waals surface area contributed by atoms with Gasteiger partial charge >= 0.3 is 7.12 Å². The summed E-state index contributed by atoms with van der Waals surface area (Å²) in [6.07, 6.45) is 0. The summed E-state index contributed by atoms with van der Waals surface area (Å²) < 4.78 is 12.3. The minimum atomic E-state index is -0.388. The Hall–Kier alpha value is -1.55. The normalized spacial score (nSPS) is 19.5. The van der Waals surface area contributed by atoms with Crippen LogP contribution in [0.25, 0.3) is 5.57 Å². The van der Waals surface area contributed by atoms with Gasteiger partial charge in [0.1, 0.15) is 0 Å². The number of rotatable bonds is 3. The lowest BCUT2D eigenvalue weighted by Crippen LogP contribution is -2.41. The van der Waals surface area contributed by atoms with Gasteiger partial charge in [0.05, 0.1) is 11.2 Å². The van der Waals surface area contributed by atoms with Gasteiger partial charge in [-0.3, -0.25) is 0 Å². The summed E-state index contributed by atoms with van der Waals surface area (Å²) in [6, 6.07) is 18.1. The molecule has 0 spiro atoms. The van der Waals surface area contributed by atoms with E-state index >= 15 is 0 Å². The highest BCUT2D eigenvalue weighted by molar-refractivity contribution is 6.53. The molecule has 2 aromatic rings. The minimum Gasteiger partial charge on any atom is -0.400 e. The first kappa shape index (κ1) is 17.3. The maximum Gasteiger partial charge on any atom is 0.487 e. The van der Waals surface area contributed by atoms with Gasteiger partial charge in [-0.25, -0.2) is 0 Å². The van der Waals surface area contributed by atoms with Crippen LogP contribution in [0.2, 0.25) is 5.02 Å². The van der Waals surface area contributed by atoms with Crippen molar-refractivity contribution in [3.05, 3.63) is 76.7 Å². The van der Waals surface area contributed by atoms with Crippen molar-refractivity contribution in [1.29, 1.82) is 0 Å². The van der Waals surface area contributed by atoms with Crippen LogP contribution in [0.5, 0.6) is 0 Å². The fourth-order valence-electron chi connectivity index (χ4n) is 2.70. The van der Waals surface area contributed by atoms with Crippen LogP contribution in [0, 0.1) is 0 Å². The van der Waals surface area contributed by atoms with Gasteiger partial charge in [0.15, 0.2) is 0 Å². The molecule has 1 fully saturated rings. The van der Waals surface area contributed by atoms with E-state index < -0.39 is 0 Å². The third-order valence-electron chi connectivity index (χ3n) is 4.81. The molecular weight excluding hydrogens is 318 g/mol. The van der Waals surface area contributed by atoms with Crippen molar-refractivity contribution in [3.8, 4) is 0 Å². The standard InChI is InChI=1S/C20H22BClO2/c1-19(2)20(3,4)24-21(23-19)14-18(15-8-6-5-7-9-15)16-10-12-17(22)13-11-16/h5-14H,1-4H3/b18-14-. The molecule has 24 heavy (non-hydrogen) atoms. The van der Waals surface area contributed by atoms with Crippen molar-refractivity contribution in [2.24, 2.45) is 0 Å². The second-order valence-corrected chi connectivity index (χ2v) is 7.51. The highest BCUT2D eigenvalue weighted by Crippen LogP contribution is 2.38. The van der Waals surface area contributed by atoms with E-state index in [9.17, 15) is 0 Å². The summed E-state index contributed by atoms with van der Waals surface area (Å²) in [5, 5.41) is 0.724. The first-order valence-corrected chi connectivity index (χ1v) is 8.55. The van der Waals surface area contributed by atoms with Gasteiger partial charge in [0.25, 0.3) is 0 Å². The topological polar surface area (TPSA) is 18.5 Å². The summed E-state index contributed by atoms with van der Waals surface area (Å²) in [5.41, 5.74) is 2.58. The van der Waals surface area contributed by atoms with Crippen molar-refractivity contribution in [2.45, 2.75) is 38.9 Å². The Morgan fingerprint density at radius 2 is 1.33 bits per heavy atom. The molecule has 124 valence electrons. The highest BCUT2D eigenvalue weighted by atomic mass is 35.5. The van der Waals surface area contributed by atoms with Crippen LogP contribution in [0.15, 0.2) is 60.6 Å². The van der Waals surface area contributed by atoms with E-state index in [1.165, 1.54) is 0 Å². The Balaban J connectivity index is 2.01. The summed E-state index contributed by atoms with van der Waals surface area (Å²) in [7, 11) is -0.388. The SMILES string of the molecule is CC1(C)OB(/C=C(/c2ccccc2)c2ccc(Cl)cc2)OC1(C)C. The third kappa shape index (κ3) is 3.44. The molecule has 1 aliphatic heterocycles. The fraction of sp³-hybridized carbons (Fsp3) is 0.300. The van der Waals surface area contributed by atoms with Crippen LogP contribution in [-0.2, 0) is 9.31 Å². The average molecular weight is 341 g/mol. The predicted molar refractivity (Wildman–Crippen MR) is 101 cm³/mol. The number of hydrogen-bond donors (Lipinski definition) is 0. The van der Waals surface area contributed by atoms with Crippen molar-refractivity contribution in [1.82, 2.24) is 0 Å². The number of hydrogen-bond acceptors (Lipinski definition) is 2. The van der Waals surface area contributed by atoms with E-state index in [1.54, 1.807) is 0 Å². The van der Waals surface area contributed by atoms with Gasteiger partial charge in [-0.15, -0.1) is 0 Å². The van der Waals surface area contributed by atoms with E-state index in [0.29, 0.717) is 0 Å². The molecule has 4 heteroatoms. The molecule has 0 aliphatic carbocycles. The molecule has 0 saturated carbocycles. The van der Waals surface area contributed by atoms with Crippen molar-refractivity contribution in [2.75, 3.05) is 0 Å². The van der Waals surface area contributed by atoms with Gasteiger partial charge in [-0.2, -0.15) is 0 Å². The predicted octanol–water partition coefficient (Wildman–Crippen LogP) is 5.40. The maximum absolute atomic E-state index is 6.14. The molecule has 0 atom stereocenters. The van der Waals surface area contributed by atoms with Crippen molar-refractivity contribution >= 4 is 24.3 Å². The average Bonchev–Trinajstić information content (AvgIpc) is 2.74. The van der Waals surface area contributed by atoms with Gasteiger partial charge in [0.2, 0.25) is 0 Å². The van der Waals surface area contributed by atoms with Crippen LogP contribution in [-0.4, -0.2) is 18.3 Å². The minimum absolute atomic E-state index is 0.351. The van der Waals surface area contributed by atoms with E-state index in [1.807, 2.05) is 42.5 Å². The molecular formula is C20H22BClO2. The second kappa shape index (κ2) is 6.40. The summed E-state index contributed by atoms with van der Waals surface area (Å²) in [6.45, 7) is 8.24. The molecule has 1 heterocycles. The number of halogens is 1. The summed E-state index contributed by atoms with van der Waals surface area (Å²) in [5.74, 6) is 2.05. The van der Waals surface area contributed by atoms with Crippen LogP contribution < -0.4 is 0 Å².